The van der Waals surface area contributed by atoms with Crippen LogP contribution in [0.3, 0.4) is 0 Å². The minimum absolute atomic E-state index is 0.216. The lowest BCUT2D eigenvalue weighted by Gasteiger charge is -2.11. The van der Waals surface area contributed by atoms with Crippen LogP contribution in [0.5, 0.6) is 0 Å². The molecule has 0 unspecified atom stereocenters. The molecule has 26 heavy (non-hydrogen) atoms. The Labute approximate surface area is 152 Å². The molecule has 0 saturated heterocycles. The molecule has 1 aromatic heterocycles. The van der Waals surface area contributed by atoms with Crippen LogP contribution in [-0.2, 0) is 0 Å². The second kappa shape index (κ2) is 7.61. The van der Waals surface area contributed by atoms with Crippen molar-refractivity contribution in [2.75, 3.05) is 10.6 Å². The van der Waals surface area contributed by atoms with Crippen LogP contribution < -0.4 is 10.6 Å². The summed E-state index contributed by atoms with van der Waals surface area (Å²) in [7, 11) is 0. The van der Waals surface area contributed by atoms with Gasteiger partial charge in [-0.2, -0.15) is 0 Å². The molecule has 2 aromatic carbocycles. The summed E-state index contributed by atoms with van der Waals surface area (Å²) in [5.41, 5.74) is 3.49. The number of anilines is 2. The van der Waals surface area contributed by atoms with Crippen molar-refractivity contribution >= 4 is 23.3 Å². The maximum absolute atomic E-state index is 12.5. The van der Waals surface area contributed by atoms with Crippen molar-refractivity contribution < 1.29 is 9.59 Å². The summed E-state index contributed by atoms with van der Waals surface area (Å²) >= 11 is 0. The summed E-state index contributed by atoms with van der Waals surface area (Å²) in [6.45, 7) is 3.81. The highest BCUT2D eigenvalue weighted by atomic mass is 16.2. The third-order valence-electron chi connectivity index (χ3n) is 3.94. The molecule has 2 N–H and O–H groups in total. The summed E-state index contributed by atoms with van der Waals surface area (Å²) in [6, 6.07) is 17.8. The van der Waals surface area contributed by atoms with Gasteiger partial charge < -0.3 is 10.6 Å². The maximum Gasteiger partial charge on any atom is 0.256 e. The topological polar surface area (TPSA) is 71.1 Å². The number of aryl methyl sites for hydroxylation is 2. The molecule has 0 saturated carbocycles. The zero-order chi connectivity index (χ0) is 18.5. The molecule has 130 valence electrons. The molecular formula is C21H19N3O2. The van der Waals surface area contributed by atoms with Crippen molar-refractivity contribution in [3.63, 3.8) is 0 Å². The van der Waals surface area contributed by atoms with Crippen molar-refractivity contribution in [1.82, 2.24) is 4.98 Å². The van der Waals surface area contributed by atoms with E-state index in [1.807, 2.05) is 26.0 Å². The number of nitrogens with one attached hydrogen (secondary N) is 2. The third-order valence-corrected chi connectivity index (χ3v) is 3.94. The molecule has 3 aromatic rings. The van der Waals surface area contributed by atoms with Gasteiger partial charge in [-0.1, -0.05) is 24.3 Å². The van der Waals surface area contributed by atoms with Gasteiger partial charge in [0.2, 0.25) is 0 Å². The number of hydrogen-bond donors (Lipinski definition) is 2. The summed E-state index contributed by atoms with van der Waals surface area (Å²) < 4.78 is 0. The van der Waals surface area contributed by atoms with E-state index >= 15 is 0 Å². The van der Waals surface area contributed by atoms with Crippen molar-refractivity contribution in [2.45, 2.75) is 13.8 Å². The van der Waals surface area contributed by atoms with Crippen LogP contribution in [0.15, 0.2) is 66.9 Å². The van der Waals surface area contributed by atoms with Crippen LogP contribution in [0.2, 0.25) is 0 Å². The Kier molecular flexibility index (Phi) is 5.08. The van der Waals surface area contributed by atoms with Crippen LogP contribution >= 0.6 is 0 Å². The van der Waals surface area contributed by atoms with Crippen LogP contribution in [0.25, 0.3) is 0 Å². The number of carbonyl (C=O) groups excluding carboxylic acids is 2. The molecule has 0 aliphatic carbocycles. The molecule has 0 bridgehead atoms. The zero-order valence-corrected chi connectivity index (χ0v) is 14.6. The van der Waals surface area contributed by atoms with Gasteiger partial charge >= 0.3 is 0 Å². The first-order chi connectivity index (χ1) is 12.5. The van der Waals surface area contributed by atoms with E-state index < -0.39 is 0 Å². The summed E-state index contributed by atoms with van der Waals surface area (Å²) in [5.74, 6) is -0.00429. The summed E-state index contributed by atoms with van der Waals surface area (Å²) in [6.07, 6.45) is 1.64. The van der Waals surface area contributed by atoms with Gasteiger partial charge in [0.25, 0.3) is 11.8 Å². The van der Waals surface area contributed by atoms with Crippen molar-refractivity contribution in [2.24, 2.45) is 0 Å². The molecule has 5 nitrogen and oxygen atoms in total. The molecule has 0 fully saturated rings. The highest BCUT2D eigenvalue weighted by Crippen LogP contribution is 2.19. The third kappa shape index (κ3) is 4.13. The van der Waals surface area contributed by atoms with Crippen molar-refractivity contribution in [3.05, 3.63) is 89.1 Å². The lowest BCUT2D eigenvalue weighted by atomic mass is 10.1. The molecule has 1 heterocycles. The Morgan fingerprint density at radius 3 is 2.27 bits per heavy atom. The molecular weight excluding hydrogens is 326 g/mol. The van der Waals surface area contributed by atoms with Gasteiger partial charge in [-0.3, -0.25) is 9.59 Å². The van der Waals surface area contributed by atoms with E-state index in [2.05, 4.69) is 15.6 Å². The number of nitrogens with zero attached hydrogens (tertiary/aromatic N) is 1. The fraction of sp³-hybridized carbons (Fsp3) is 0.0952. The van der Waals surface area contributed by atoms with E-state index in [-0.39, 0.29) is 11.8 Å². The van der Waals surface area contributed by atoms with E-state index in [9.17, 15) is 9.59 Å². The molecule has 0 spiro atoms. The number of rotatable bonds is 4. The predicted molar refractivity (Wildman–Crippen MR) is 103 cm³/mol. The lowest BCUT2D eigenvalue weighted by Crippen LogP contribution is -2.16. The normalized spacial score (nSPS) is 10.2. The van der Waals surface area contributed by atoms with E-state index in [0.29, 0.717) is 22.6 Å². The smallest absolute Gasteiger partial charge is 0.256 e. The van der Waals surface area contributed by atoms with E-state index in [4.69, 9.17) is 0 Å². The Morgan fingerprint density at radius 1 is 0.808 bits per heavy atom. The minimum Gasteiger partial charge on any atom is -0.322 e. The number of pyridine rings is 1. The molecule has 3 rings (SSSR count). The Bertz CT molecular complexity index is 952. The standard InChI is InChI=1S/C21H19N3O2/c1-14-10-11-22-19(12-14)24-21(26)17-9-8-15(2)18(13-17)23-20(25)16-6-4-3-5-7-16/h3-13H,1-2H3,(H,23,25)(H,22,24,26). The number of benzene rings is 2. The SMILES string of the molecule is Cc1ccnc(NC(=O)c2ccc(C)c(NC(=O)c3ccccc3)c2)c1. The van der Waals surface area contributed by atoms with Crippen LogP contribution in [0, 0.1) is 13.8 Å². The number of amides is 2. The highest BCUT2D eigenvalue weighted by molar-refractivity contribution is 6.07. The Hall–Kier alpha value is -3.47. The molecule has 5 heteroatoms. The first-order valence-electron chi connectivity index (χ1n) is 8.24. The predicted octanol–water partition coefficient (Wildman–Crippen LogP) is 4.20. The van der Waals surface area contributed by atoms with Gasteiger partial charge in [0.15, 0.2) is 0 Å². The first-order valence-corrected chi connectivity index (χ1v) is 8.24. The van der Waals surface area contributed by atoms with Gasteiger partial charge in [-0.15, -0.1) is 0 Å². The average molecular weight is 345 g/mol. The minimum atomic E-state index is -0.279. The second-order valence-corrected chi connectivity index (χ2v) is 6.02. The van der Waals surface area contributed by atoms with Crippen LogP contribution in [-0.4, -0.2) is 16.8 Å². The number of carbonyl (C=O) groups is 2. The summed E-state index contributed by atoms with van der Waals surface area (Å²) in [4.78, 5) is 29.0. The van der Waals surface area contributed by atoms with E-state index in [0.717, 1.165) is 11.1 Å². The summed E-state index contributed by atoms with van der Waals surface area (Å²) in [5, 5.41) is 5.63. The number of hydrogen-bond acceptors (Lipinski definition) is 3. The first kappa shape index (κ1) is 17.4. The lowest BCUT2D eigenvalue weighted by molar-refractivity contribution is 0.101. The van der Waals surface area contributed by atoms with Gasteiger partial charge in [0.1, 0.15) is 5.82 Å². The van der Waals surface area contributed by atoms with Gasteiger partial charge in [0, 0.05) is 23.0 Å². The maximum atomic E-state index is 12.5. The quantitative estimate of drug-likeness (QED) is 0.744. The number of aromatic nitrogens is 1. The van der Waals surface area contributed by atoms with Crippen molar-refractivity contribution in [3.8, 4) is 0 Å². The molecule has 0 atom stereocenters. The molecule has 0 radical (unpaired) electrons. The van der Waals surface area contributed by atoms with Gasteiger partial charge in [0.05, 0.1) is 0 Å². The fourth-order valence-electron chi connectivity index (χ4n) is 2.47. The molecule has 0 aliphatic rings. The van der Waals surface area contributed by atoms with E-state index in [1.165, 1.54) is 0 Å². The van der Waals surface area contributed by atoms with Crippen LogP contribution in [0.1, 0.15) is 31.8 Å². The van der Waals surface area contributed by atoms with E-state index in [1.54, 1.807) is 54.7 Å². The highest BCUT2D eigenvalue weighted by Gasteiger charge is 2.12. The Morgan fingerprint density at radius 2 is 1.54 bits per heavy atom. The van der Waals surface area contributed by atoms with Crippen LogP contribution in [0.4, 0.5) is 11.5 Å². The fourth-order valence-corrected chi connectivity index (χ4v) is 2.47. The van der Waals surface area contributed by atoms with Crippen molar-refractivity contribution in [1.29, 1.82) is 0 Å². The zero-order valence-electron chi connectivity index (χ0n) is 14.6. The Balaban J connectivity index is 1.79. The monoisotopic (exact) mass is 345 g/mol. The molecule has 0 aliphatic heterocycles. The largest absolute Gasteiger partial charge is 0.322 e. The van der Waals surface area contributed by atoms with Gasteiger partial charge in [-0.05, 0) is 61.4 Å². The second-order valence-electron chi connectivity index (χ2n) is 6.02. The average Bonchev–Trinajstić information content (AvgIpc) is 2.64. The molecule has 2 amide bonds. The van der Waals surface area contributed by atoms with Gasteiger partial charge in [-0.25, -0.2) is 4.98 Å².